The summed E-state index contributed by atoms with van der Waals surface area (Å²) in [4.78, 5) is 39.6. The van der Waals surface area contributed by atoms with E-state index in [9.17, 15) is 19.5 Å². The van der Waals surface area contributed by atoms with Gasteiger partial charge in [-0.3, -0.25) is 9.59 Å². The number of carbonyl (C=O) groups is 3. The van der Waals surface area contributed by atoms with Crippen LogP contribution in [-0.2, 0) is 20.8 Å². The number of benzene rings is 1. The van der Waals surface area contributed by atoms with Gasteiger partial charge in [0.2, 0.25) is 5.91 Å². The van der Waals surface area contributed by atoms with Gasteiger partial charge in [-0.15, -0.1) is 0 Å². The number of rotatable bonds is 13. The molecule has 0 saturated heterocycles. The van der Waals surface area contributed by atoms with Crippen LogP contribution >= 0.6 is 0 Å². The second kappa shape index (κ2) is 13.7. The Morgan fingerprint density at radius 2 is 1.74 bits per heavy atom. The van der Waals surface area contributed by atoms with Gasteiger partial charge in [0, 0.05) is 37.8 Å². The van der Waals surface area contributed by atoms with Gasteiger partial charge in [0.1, 0.15) is 17.3 Å². The van der Waals surface area contributed by atoms with E-state index in [1.807, 2.05) is 32.0 Å². The second-order valence-electron chi connectivity index (χ2n) is 10.5. The maximum atomic E-state index is 13.2. The van der Waals surface area contributed by atoms with Crippen molar-refractivity contribution in [2.24, 2.45) is 17.8 Å². The van der Waals surface area contributed by atoms with Gasteiger partial charge < -0.3 is 14.8 Å². The van der Waals surface area contributed by atoms with Crippen LogP contribution in [0.3, 0.4) is 0 Å². The number of para-hydroxylation sites is 1. The Hall–Kier alpha value is -2.17. The quantitative estimate of drug-likeness (QED) is 0.381. The molecule has 34 heavy (non-hydrogen) atoms. The van der Waals surface area contributed by atoms with Crippen molar-refractivity contribution in [3.8, 4) is 5.75 Å². The number of aryl methyl sites for hydroxylation is 1. The number of Topliss-reactive ketones (excluding diaryl/α,β-unsaturated/α-hetero) is 2. The van der Waals surface area contributed by atoms with Crippen LogP contribution in [0.1, 0.15) is 96.1 Å². The Balaban J connectivity index is 1.97. The zero-order valence-corrected chi connectivity index (χ0v) is 21.9. The molecular weight excluding hydrogens is 426 g/mol. The summed E-state index contributed by atoms with van der Waals surface area (Å²) in [6.45, 7) is 7.52. The zero-order valence-electron chi connectivity index (χ0n) is 21.9. The van der Waals surface area contributed by atoms with E-state index < -0.39 is 0 Å². The molecule has 0 radical (unpaired) electrons. The van der Waals surface area contributed by atoms with E-state index in [2.05, 4.69) is 6.92 Å². The molecule has 0 spiro atoms. The van der Waals surface area contributed by atoms with Crippen molar-refractivity contribution in [3.05, 3.63) is 29.3 Å². The van der Waals surface area contributed by atoms with Crippen LogP contribution in [0, 0.1) is 24.7 Å². The molecule has 2 rings (SSSR count). The van der Waals surface area contributed by atoms with E-state index in [4.69, 9.17) is 0 Å². The Morgan fingerprint density at radius 1 is 1.09 bits per heavy atom. The van der Waals surface area contributed by atoms with E-state index in [-0.39, 0.29) is 35.3 Å². The highest BCUT2D eigenvalue weighted by Crippen LogP contribution is 2.33. The summed E-state index contributed by atoms with van der Waals surface area (Å²) < 4.78 is 0. The lowest BCUT2D eigenvalue weighted by molar-refractivity contribution is -0.137. The Kier molecular flexibility index (Phi) is 11.3. The summed E-state index contributed by atoms with van der Waals surface area (Å²) in [5, 5.41) is 10.3. The van der Waals surface area contributed by atoms with E-state index >= 15 is 0 Å². The highest BCUT2D eigenvalue weighted by molar-refractivity contribution is 5.82. The largest absolute Gasteiger partial charge is 0.507 e. The first-order valence-corrected chi connectivity index (χ1v) is 13.2. The SMILES string of the molecule is CCCC1CCC(C(=O)CC[C@@H](CCC(C)=O)N(C)C(=O)C(C)Cc2cccc(C)c2O)CC1. The molecule has 1 saturated carbocycles. The summed E-state index contributed by atoms with van der Waals surface area (Å²) in [6, 6.07) is 5.46. The summed E-state index contributed by atoms with van der Waals surface area (Å²) in [6.07, 6.45) is 9.28. The van der Waals surface area contributed by atoms with Crippen molar-refractivity contribution in [3.63, 3.8) is 0 Å². The number of amides is 1. The average Bonchev–Trinajstić information content (AvgIpc) is 2.81. The number of ketones is 2. The molecule has 1 aliphatic rings. The first kappa shape index (κ1) is 28.1. The molecule has 0 bridgehead atoms. The summed E-state index contributed by atoms with van der Waals surface area (Å²) >= 11 is 0. The van der Waals surface area contributed by atoms with Gasteiger partial charge in [0.25, 0.3) is 0 Å². The van der Waals surface area contributed by atoms with Gasteiger partial charge in [0.05, 0.1) is 0 Å². The van der Waals surface area contributed by atoms with Crippen molar-refractivity contribution < 1.29 is 19.5 Å². The maximum absolute atomic E-state index is 13.2. The summed E-state index contributed by atoms with van der Waals surface area (Å²) in [7, 11) is 1.79. The molecule has 0 aliphatic heterocycles. The van der Waals surface area contributed by atoms with E-state index in [1.54, 1.807) is 18.9 Å². The minimum absolute atomic E-state index is 0.0121. The fourth-order valence-corrected chi connectivity index (χ4v) is 5.43. The first-order valence-electron chi connectivity index (χ1n) is 13.2. The number of carbonyl (C=O) groups excluding carboxylic acids is 3. The Bertz CT molecular complexity index is 825. The van der Waals surface area contributed by atoms with Crippen molar-refractivity contribution in [1.29, 1.82) is 0 Å². The zero-order chi connectivity index (χ0) is 25.3. The molecule has 1 fully saturated rings. The predicted molar refractivity (Wildman–Crippen MR) is 137 cm³/mol. The first-order chi connectivity index (χ1) is 16.1. The maximum Gasteiger partial charge on any atom is 0.225 e. The molecular formula is C29H45NO4. The standard InChI is InChI=1S/C29H45NO4/c1-6-8-23-12-14-24(15-13-23)27(32)18-17-26(16-11-22(4)31)30(5)29(34)21(3)19-25-10-7-9-20(2)28(25)33/h7,9-10,21,23-24,26,33H,6,8,11-19H2,1-5H3/t21?,23?,24?,26-/m1/s1. The van der Waals surface area contributed by atoms with Crippen molar-refractivity contribution >= 4 is 17.5 Å². The van der Waals surface area contributed by atoms with E-state index in [0.29, 0.717) is 37.9 Å². The summed E-state index contributed by atoms with van der Waals surface area (Å²) in [5.74, 6) is 1.29. The van der Waals surface area contributed by atoms with Crippen LogP contribution in [0.4, 0.5) is 0 Å². The molecule has 1 aliphatic carbocycles. The molecule has 5 nitrogen and oxygen atoms in total. The fourth-order valence-electron chi connectivity index (χ4n) is 5.43. The van der Waals surface area contributed by atoms with Crippen LogP contribution in [0.2, 0.25) is 0 Å². The second-order valence-corrected chi connectivity index (χ2v) is 10.5. The number of hydrogen-bond donors (Lipinski definition) is 1. The molecule has 5 heteroatoms. The third-order valence-corrected chi connectivity index (χ3v) is 7.72. The normalized spacial score (nSPS) is 19.9. The summed E-state index contributed by atoms with van der Waals surface area (Å²) in [5.41, 5.74) is 1.57. The van der Waals surface area contributed by atoms with Gasteiger partial charge in [-0.2, -0.15) is 0 Å². The number of phenols is 1. The molecule has 0 heterocycles. The van der Waals surface area contributed by atoms with Crippen LogP contribution in [-0.4, -0.2) is 40.6 Å². The molecule has 2 atom stereocenters. The van der Waals surface area contributed by atoms with E-state index in [1.165, 1.54) is 12.8 Å². The molecule has 0 aromatic heterocycles. The fraction of sp³-hybridized carbons (Fsp3) is 0.690. The lowest BCUT2D eigenvalue weighted by Gasteiger charge is -2.32. The van der Waals surface area contributed by atoms with Crippen molar-refractivity contribution in [1.82, 2.24) is 4.90 Å². The highest BCUT2D eigenvalue weighted by Gasteiger charge is 2.29. The number of aromatic hydroxyl groups is 1. The third kappa shape index (κ3) is 8.25. The van der Waals surface area contributed by atoms with Gasteiger partial charge >= 0.3 is 0 Å². The van der Waals surface area contributed by atoms with Crippen molar-refractivity contribution in [2.75, 3.05) is 7.05 Å². The average molecular weight is 472 g/mol. The Morgan fingerprint density at radius 3 is 2.35 bits per heavy atom. The molecule has 1 N–H and O–H groups in total. The molecule has 190 valence electrons. The van der Waals surface area contributed by atoms with Crippen LogP contribution in [0.5, 0.6) is 5.75 Å². The van der Waals surface area contributed by atoms with Gasteiger partial charge in [-0.1, -0.05) is 44.9 Å². The highest BCUT2D eigenvalue weighted by atomic mass is 16.3. The molecule has 1 aromatic rings. The van der Waals surface area contributed by atoms with E-state index in [0.717, 1.165) is 42.7 Å². The van der Waals surface area contributed by atoms with Crippen molar-refractivity contribution in [2.45, 2.75) is 104 Å². The monoisotopic (exact) mass is 471 g/mol. The van der Waals surface area contributed by atoms with Crippen LogP contribution < -0.4 is 0 Å². The Labute approximate surface area is 206 Å². The minimum Gasteiger partial charge on any atom is -0.507 e. The minimum atomic E-state index is -0.304. The molecule has 1 unspecified atom stereocenters. The number of hydrogen-bond acceptors (Lipinski definition) is 4. The van der Waals surface area contributed by atoms with Gasteiger partial charge in [0.15, 0.2) is 0 Å². The number of phenolic OH excluding ortho intramolecular Hbond substituents is 1. The lowest BCUT2D eigenvalue weighted by atomic mass is 9.77. The predicted octanol–water partition coefficient (Wildman–Crippen LogP) is 6.03. The smallest absolute Gasteiger partial charge is 0.225 e. The topological polar surface area (TPSA) is 74.7 Å². The third-order valence-electron chi connectivity index (χ3n) is 7.72. The van der Waals surface area contributed by atoms with Crippen LogP contribution in [0.25, 0.3) is 0 Å². The lowest BCUT2D eigenvalue weighted by Crippen LogP contribution is -2.41. The number of nitrogens with zero attached hydrogens (tertiary/aromatic N) is 1. The van der Waals surface area contributed by atoms with Gasteiger partial charge in [-0.05, 0) is 75.8 Å². The molecule has 1 aromatic carbocycles. The van der Waals surface area contributed by atoms with Gasteiger partial charge in [-0.25, -0.2) is 0 Å². The van der Waals surface area contributed by atoms with Crippen LogP contribution in [0.15, 0.2) is 18.2 Å². The molecule has 1 amide bonds.